The number of nitrogens with one attached hydrogen (secondary N) is 1. The van der Waals surface area contributed by atoms with Crippen molar-refractivity contribution in [1.29, 1.82) is 0 Å². The van der Waals surface area contributed by atoms with Gasteiger partial charge in [0.2, 0.25) is 0 Å². The lowest BCUT2D eigenvalue weighted by Crippen LogP contribution is -2.36. The maximum Gasteiger partial charge on any atom is 0.251 e. The lowest BCUT2D eigenvalue weighted by Gasteiger charge is -2.25. The van der Waals surface area contributed by atoms with Crippen molar-refractivity contribution in [2.75, 3.05) is 6.54 Å². The average Bonchev–Trinajstić information content (AvgIpc) is 2.72. The minimum atomic E-state index is -0.214. The van der Waals surface area contributed by atoms with Crippen LogP contribution in [0.25, 0.3) is 0 Å². The lowest BCUT2D eigenvalue weighted by molar-refractivity contribution is 0.0945. The van der Waals surface area contributed by atoms with E-state index in [4.69, 9.17) is 16.3 Å². The Morgan fingerprint density at radius 1 is 1.11 bits per heavy atom. The minimum Gasteiger partial charge on any atom is -0.489 e. The van der Waals surface area contributed by atoms with Crippen LogP contribution >= 0.6 is 11.6 Å². The van der Waals surface area contributed by atoms with Crippen molar-refractivity contribution in [1.82, 2.24) is 10.3 Å². The van der Waals surface area contributed by atoms with Crippen molar-refractivity contribution >= 4 is 17.5 Å². The molecule has 0 fully saturated rings. The minimum absolute atomic E-state index is 0.131. The normalized spacial score (nSPS) is 11.1. The zero-order chi connectivity index (χ0) is 20.0. The first-order chi connectivity index (χ1) is 13.4. The van der Waals surface area contributed by atoms with Crippen LogP contribution in [0.1, 0.15) is 35.3 Å². The molecule has 0 bridgehead atoms. The molecule has 1 heterocycles. The van der Waals surface area contributed by atoms with Crippen LogP contribution in [0.4, 0.5) is 0 Å². The molecule has 28 heavy (non-hydrogen) atoms. The van der Waals surface area contributed by atoms with Gasteiger partial charge >= 0.3 is 0 Å². The van der Waals surface area contributed by atoms with Crippen molar-refractivity contribution < 1.29 is 9.53 Å². The molecule has 0 spiro atoms. The van der Waals surface area contributed by atoms with Crippen LogP contribution in [0.2, 0.25) is 5.02 Å². The molecule has 0 aliphatic heterocycles. The molecule has 0 atom stereocenters. The average molecular weight is 395 g/mol. The van der Waals surface area contributed by atoms with E-state index in [2.05, 4.69) is 24.1 Å². The molecule has 3 rings (SSSR count). The van der Waals surface area contributed by atoms with Crippen LogP contribution in [0, 0.1) is 0 Å². The highest BCUT2D eigenvalue weighted by Crippen LogP contribution is 2.24. The third-order valence-electron chi connectivity index (χ3n) is 4.54. The molecular weight excluding hydrogens is 372 g/mol. The standard InChI is InChI=1S/C23H23ClN2O2/c1-23(2,19-8-10-20(24)11-9-19)16-26-22(27)18-6-3-7-21(13-18)28-15-17-5-4-12-25-14-17/h3-14H,15-16H2,1-2H3,(H,26,27). The van der Waals surface area contributed by atoms with E-state index in [1.54, 1.807) is 24.5 Å². The van der Waals surface area contributed by atoms with Gasteiger partial charge in [0.15, 0.2) is 0 Å². The second-order valence-corrected chi connectivity index (χ2v) is 7.69. The Kier molecular flexibility index (Phi) is 6.32. The molecule has 3 aromatic rings. The number of aromatic nitrogens is 1. The smallest absolute Gasteiger partial charge is 0.251 e. The molecule has 0 saturated heterocycles. The highest BCUT2D eigenvalue weighted by molar-refractivity contribution is 6.30. The summed E-state index contributed by atoms with van der Waals surface area (Å²) >= 11 is 5.96. The predicted octanol–water partition coefficient (Wildman–Crippen LogP) is 5.02. The van der Waals surface area contributed by atoms with Crippen molar-refractivity contribution in [3.8, 4) is 5.75 Å². The number of carbonyl (C=O) groups is 1. The lowest BCUT2D eigenvalue weighted by atomic mass is 9.84. The fourth-order valence-electron chi connectivity index (χ4n) is 2.78. The zero-order valence-electron chi connectivity index (χ0n) is 16.0. The van der Waals surface area contributed by atoms with Gasteiger partial charge < -0.3 is 10.1 Å². The number of amides is 1. The van der Waals surface area contributed by atoms with E-state index in [0.29, 0.717) is 29.5 Å². The highest BCUT2D eigenvalue weighted by atomic mass is 35.5. The van der Waals surface area contributed by atoms with Crippen LogP contribution in [0.3, 0.4) is 0 Å². The van der Waals surface area contributed by atoms with E-state index in [1.807, 2.05) is 48.5 Å². The Labute approximate surface area is 170 Å². The largest absolute Gasteiger partial charge is 0.489 e. The number of hydrogen-bond donors (Lipinski definition) is 1. The van der Waals surface area contributed by atoms with Gasteiger partial charge in [-0.3, -0.25) is 9.78 Å². The van der Waals surface area contributed by atoms with E-state index in [1.165, 1.54) is 0 Å². The molecule has 2 aromatic carbocycles. The first kappa shape index (κ1) is 19.9. The molecule has 144 valence electrons. The van der Waals surface area contributed by atoms with Crippen molar-refractivity contribution in [3.05, 3.63) is 94.8 Å². The van der Waals surface area contributed by atoms with Crippen LogP contribution in [0.5, 0.6) is 5.75 Å². The van der Waals surface area contributed by atoms with E-state index < -0.39 is 0 Å². The van der Waals surface area contributed by atoms with Crippen LogP contribution in [-0.2, 0) is 12.0 Å². The van der Waals surface area contributed by atoms with E-state index in [-0.39, 0.29) is 11.3 Å². The summed E-state index contributed by atoms with van der Waals surface area (Å²) in [6.45, 7) is 5.09. The summed E-state index contributed by atoms with van der Waals surface area (Å²) in [5, 5.41) is 3.72. The van der Waals surface area contributed by atoms with Gasteiger partial charge in [-0.2, -0.15) is 0 Å². The number of carbonyl (C=O) groups excluding carboxylic acids is 1. The number of rotatable bonds is 7. The Morgan fingerprint density at radius 2 is 1.89 bits per heavy atom. The van der Waals surface area contributed by atoms with Crippen LogP contribution < -0.4 is 10.1 Å². The number of pyridine rings is 1. The number of benzene rings is 2. The summed E-state index contributed by atoms with van der Waals surface area (Å²) < 4.78 is 5.78. The maximum absolute atomic E-state index is 12.6. The van der Waals surface area contributed by atoms with E-state index >= 15 is 0 Å². The molecule has 0 saturated carbocycles. The highest BCUT2D eigenvalue weighted by Gasteiger charge is 2.21. The molecule has 4 nitrogen and oxygen atoms in total. The fourth-order valence-corrected chi connectivity index (χ4v) is 2.91. The summed E-state index contributed by atoms with van der Waals surface area (Å²) in [7, 11) is 0. The number of nitrogens with zero attached hydrogens (tertiary/aromatic N) is 1. The number of hydrogen-bond acceptors (Lipinski definition) is 3. The van der Waals surface area contributed by atoms with Gasteiger partial charge in [-0.15, -0.1) is 0 Å². The Hall–Kier alpha value is -2.85. The summed E-state index contributed by atoms with van der Waals surface area (Å²) in [4.78, 5) is 16.7. The fraction of sp³-hybridized carbons (Fsp3) is 0.217. The third-order valence-corrected chi connectivity index (χ3v) is 4.79. The second kappa shape index (κ2) is 8.89. The molecule has 1 aromatic heterocycles. The summed E-state index contributed by atoms with van der Waals surface area (Å²) in [6, 6.07) is 18.7. The summed E-state index contributed by atoms with van der Waals surface area (Å²) in [6.07, 6.45) is 3.48. The van der Waals surface area contributed by atoms with Gasteiger partial charge in [0.1, 0.15) is 12.4 Å². The summed E-state index contributed by atoms with van der Waals surface area (Å²) in [5.41, 5.74) is 2.44. The van der Waals surface area contributed by atoms with E-state index in [9.17, 15) is 4.79 Å². The second-order valence-electron chi connectivity index (χ2n) is 7.25. The molecular formula is C23H23ClN2O2. The molecule has 0 aliphatic carbocycles. The Bertz CT molecular complexity index is 925. The first-order valence-electron chi connectivity index (χ1n) is 9.10. The SMILES string of the molecule is CC(C)(CNC(=O)c1cccc(OCc2cccnc2)c1)c1ccc(Cl)cc1. The third kappa shape index (κ3) is 5.33. The molecule has 1 amide bonds. The van der Waals surface area contributed by atoms with Gasteiger partial charge in [-0.05, 0) is 42.0 Å². The Balaban J connectivity index is 1.60. The van der Waals surface area contributed by atoms with E-state index in [0.717, 1.165) is 11.1 Å². The predicted molar refractivity (Wildman–Crippen MR) is 112 cm³/mol. The van der Waals surface area contributed by atoms with Gasteiger partial charge in [-0.25, -0.2) is 0 Å². The molecule has 0 unspecified atom stereocenters. The topological polar surface area (TPSA) is 51.2 Å². The number of halogens is 1. The Morgan fingerprint density at radius 3 is 2.61 bits per heavy atom. The molecule has 5 heteroatoms. The zero-order valence-corrected chi connectivity index (χ0v) is 16.7. The van der Waals surface area contributed by atoms with Crippen molar-refractivity contribution in [3.63, 3.8) is 0 Å². The molecule has 0 radical (unpaired) electrons. The van der Waals surface area contributed by atoms with Gasteiger partial charge in [-0.1, -0.05) is 49.7 Å². The van der Waals surface area contributed by atoms with Crippen molar-refractivity contribution in [2.45, 2.75) is 25.9 Å². The monoisotopic (exact) mass is 394 g/mol. The van der Waals surface area contributed by atoms with Crippen LogP contribution in [-0.4, -0.2) is 17.4 Å². The van der Waals surface area contributed by atoms with Gasteiger partial charge in [0, 0.05) is 40.5 Å². The first-order valence-corrected chi connectivity index (χ1v) is 9.48. The van der Waals surface area contributed by atoms with Gasteiger partial charge in [0.05, 0.1) is 0 Å². The maximum atomic E-state index is 12.6. The van der Waals surface area contributed by atoms with Crippen molar-refractivity contribution in [2.24, 2.45) is 0 Å². The van der Waals surface area contributed by atoms with Gasteiger partial charge in [0.25, 0.3) is 5.91 Å². The summed E-state index contributed by atoms with van der Waals surface area (Å²) in [5.74, 6) is 0.516. The molecule has 1 N–H and O–H groups in total. The van der Waals surface area contributed by atoms with Crippen LogP contribution in [0.15, 0.2) is 73.1 Å². The molecule has 0 aliphatic rings. The quantitative estimate of drug-likeness (QED) is 0.612. The number of ether oxygens (including phenoxy) is 1.